The molecule has 266 valence electrons. The van der Waals surface area contributed by atoms with E-state index in [2.05, 4.69) is 6.58 Å². The monoisotopic (exact) mass is 704 g/mol. The van der Waals surface area contributed by atoms with Crippen LogP contribution in [0.15, 0.2) is 104 Å². The van der Waals surface area contributed by atoms with E-state index in [-0.39, 0.29) is 64.4 Å². The number of hydrogen-bond donors (Lipinski definition) is 2. The van der Waals surface area contributed by atoms with Gasteiger partial charge in [-0.15, -0.1) is 5.60 Å². The van der Waals surface area contributed by atoms with Crippen LogP contribution in [0.4, 0.5) is 0 Å². The molecule has 49 heavy (non-hydrogen) atoms. The Balaban J connectivity index is -0.000000160. The number of benzene rings is 3. The zero-order valence-electron chi connectivity index (χ0n) is 30.9. The molecule has 0 unspecified atom stereocenters. The van der Waals surface area contributed by atoms with Crippen molar-refractivity contribution < 1.29 is 85.7 Å². The number of aromatic hydroxyl groups is 1. The Morgan fingerprint density at radius 2 is 1.18 bits per heavy atom. The number of phenolic OH excluding ortho intramolecular Hbond substituents is 1. The zero-order valence-corrected chi connectivity index (χ0v) is 34.1. The number of ether oxygens (including phenoxy) is 3. The summed E-state index contributed by atoms with van der Waals surface area (Å²) >= 11 is 0. The molecule has 0 aliphatic carbocycles. The predicted octanol–water partition coefficient (Wildman–Crippen LogP) is 5.61. The number of para-hydroxylation sites is 3. The molecule has 3 aromatic rings. The minimum Gasteiger partial charge on any atom is -0.850 e. The standard InChI is InChI=1S/C9H9NO.C9H10O3.C6H6O.C4H8O.C4H9O.C3H3N.2C2H6.K/c10-7-4-8-11-9-5-2-1-3-6-9;10-9(11)6-7-12-8-4-2-1-3-5-8;7-6-4-2-1-3-5-6;1-2-4-5-3-1;1-4(2,3)5;1-2-3-4;2*1-2;/h1-3,5-6H,4,8H2;1-5H,6-7H2,(H,10,11);1-5,7H;1-4H2;1-3H3;2H,1H2;2*1-2H3;/q;;;;-1;;;;+1. The van der Waals surface area contributed by atoms with Gasteiger partial charge in [-0.1, -0.05) is 110 Å². The molecular weight excluding hydrogens is 648 g/mol. The first-order valence-corrected chi connectivity index (χ1v) is 16.0. The Morgan fingerprint density at radius 1 is 0.837 bits per heavy atom. The number of nitriles is 2. The van der Waals surface area contributed by atoms with Crippen molar-refractivity contribution in [3.05, 3.63) is 104 Å². The van der Waals surface area contributed by atoms with Crippen LogP contribution >= 0.6 is 0 Å². The first-order valence-electron chi connectivity index (χ1n) is 16.0. The van der Waals surface area contributed by atoms with Gasteiger partial charge in [0.05, 0.1) is 31.6 Å². The average Bonchev–Trinajstić information content (AvgIpc) is 3.69. The third kappa shape index (κ3) is 57.4. The number of aliphatic carboxylic acids is 1. The van der Waals surface area contributed by atoms with Gasteiger partial charge < -0.3 is 29.5 Å². The van der Waals surface area contributed by atoms with Gasteiger partial charge in [0.1, 0.15) is 23.9 Å². The number of carboxylic acids is 1. The van der Waals surface area contributed by atoms with Crippen LogP contribution in [0.25, 0.3) is 0 Å². The molecule has 1 aliphatic heterocycles. The second-order valence-corrected chi connectivity index (χ2v) is 9.48. The summed E-state index contributed by atoms with van der Waals surface area (Å²) in [6.45, 7) is 18.7. The maximum atomic E-state index is 10.1. The molecule has 1 saturated heterocycles. The summed E-state index contributed by atoms with van der Waals surface area (Å²) < 4.78 is 15.3. The molecule has 1 heterocycles. The largest absolute Gasteiger partial charge is 1.00 e. The number of carbonyl (C=O) groups is 1. The van der Waals surface area contributed by atoms with E-state index < -0.39 is 11.6 Å². The molecule has 2 N–H and O–H groups in total. The first-order chi connectivity index (χ1) is 23.0. The SMILES string of the molecule is C1CCOC1.C=CC#N.CC.CC.CC(C)(C)[O-].N#CCCOc1ccccc1.O=C(O)CCOc1ccccc1.Oc1ccccc1.[K+]. The van der Waals surface area contributed by atoms with Gasteiger partial charge in [-0.05, 0) is 49.2 Å². The molecule has 0 atom stereocenters. The molecule has 0 amide bonds. The van der Waals surface area contributed by atoms with Crippen LogP contribution in [0.1, 0.15) is 74.1 Å². The number of allylic oxidation sites excluding steroid dienone is 1. The maximum absolute atomic E-state index is 10.1. The van der Waals surface area contributed by atoms with Crippen molar-refractivity contribution in [1.29, 1.82) is 10.5 Å². The van der Waals surface area contributed by atoms with Crippen molar-refractivity contribution in [3.63, 3.8) is 0 Å². The Morgan fingerprint density at radius 3 is 1.43 bits per heavy atom. The molecule has 10 heteroatoms. The number of nitrogens with zero attached hydrogens (tertiary/aromatic N) is 2. The van der Waals surface area contributed by atoms with Crippen molar-refractivity contribution in [1.82, 2.24) is 0 Å². The number of carboxylic acid groups (broad SMARTS) is 1. The van der Waals surface area contributed by atoms with E-state index in [0.29, 0.717) is 24.5 Å². The Bertz CT molecular complexity index is 1150. The molecule has 1 fully saturated rings. The second kappa shape index (κ2) is 44.8. The molecule has 0 aromatic heterocycles. The van der Waals surface area contributed by atoms with E-state index in [1.807, 2.05) is 88.4 Å². The second-order valence-electron chi connectivity index (χ2n) is 9.48. The fraction of sp³-hybridized carbons (Fsp3) is 0.410. The number of phenols is 1. The van der Waals surface area contributed by atoms with Crippen LogP contribution in [0, 0.1) is 22.7 Å². The Kier molecular flexibility index (Phi) is 50.5. The van der Waals surface area contributed by atoms with Gasteiger partial charge in [0, 0.05) is 19.3 Å². The van der Waals surface area contributed by atoms with E-state index in [0.717, 1.165) is 19.0 Å². The molecule has 0 bridgehead atoms. The summed E-state index contributed by atoms with van der Waals surface area (Å²) in [5.74, 6) is 1.01. The molecular formula is C39H57KN2O7. The molecule has 0 radical (unpaired) electrons. The van der Waals surface area contributed by atoms with Gasteiger partial charge in [-0.2, -0.15) is 10.5 Å². The Labute approximate surface area is 338 Å². The van der Waals surface area contributed by atoms with E-state index in [1.54, 1.807) is 63.2 Å². The smallest absolute Gasteiger partial charge is 0.850 e. The van der Waals surface area contributed by atoms with Crippen LogP contribution in [-0.4, -0.2) is 48.2 Å². The van der Waals surface area contributed by atoms with Crippen LogP contribution in [0.3, 0.4) is 0 Å². The molecule has 4 rings (SSSR count). The summed E-state index contributed by atoms with van der Waals surface area (Å²) in [6.07, 6.45) is 4.21. The fourth-order valence-corrected chi connectivity index (χ4v) is 2.44. The fourth-order valence-electron chi connectivity index (χ4n) is 2.44. The third-order valence-electron chi connectivity index (χ3n) is 4.23. The first kappa shape index (κ1) is 55.2. The van der Waals surface area contributed by atoms with E-state index in [9.17, 15) is 9.90 Å². The molecule has 0 spiro atoms. The van der Waals surface area contributed by atoms with Gasteiger partial charge in [-0.3, -0.25) is 4.79 Å². The van der Waals surface area contributed by atoms with Gasteiger partial charge in [0.25, 0.3) is 0 Å². The van der Waals surface area contributed by atoms with Crippen molar-refractivity contribution in [2.45, 2.75) is 79.8 Å². The van der Waals surface area contributed by atoms with Gasteiger partial charge in [-0.25, -0.2) is 0 Å². The van der Waals surface area contributed by atoms with Crippen molar-refractivity contribution in [2.75, 3.05) is 26.4 Å². The Hall–Kier alpha value is -3.19. The van der Waals surface area contributed by atoms with Crippen molar-refractivity contribution >= 4 is 5.97 Å². The van der Waals surface area contributed by atoms with E-state index in [1.165, 1.54) is 18.9 Å². The zero-order chi connectivity index (χ0) is 37.3. The van der Waals surface area contributed by atoms with Crippen LogP contribution < -0.4 is 66.0 Å². The topological polar surface area (TPSA) is 156 Å². The number of rotatable bonds is 7. The predicted molar refractivity (Wildman–Crippen MR) is 193 cm³/mol. The van der Waals surface area contributed by atoms with E-state index in [4.69, 9.17) is 34.9 Å². The number of hydrogen-bond acceptors (Lipinski definition) is 8. The van der Waals surface area contributed by atoms with Gasteiger partial charge in [0.2, 0.25) is 0 Å². The van der Waals surface area contributed by atoms with Crippen LogP contribution in [0.2, 0.25) is 0 Å². The van der Waals surface area contributed by atoms with Gasteiger partial charge in [0.15, 0.2) is 0 Å². The minimum absolute atomic E-state index is 0. The molecule has 3 aromatic carbocycles. The molecule has 0 saturated carbocycles. The van der Waals surface area contributed by atoms with Crippen LogP contribution in [0.5, 0.6) is 17.2 Å². The average molecular weight is 705 g/mol. The van der Waals surface area contributed by atoms with Gasteiger partial charge >= 0.3 is 57.4 Å². The normalized spacial score (nSPS) is 9.67. The summed E-state index contributed by atoms with van der Waals surface area (Å²) in [6, 6.07) is 31.1. The molecule has 1 aliphatic rings. The van der Waals surface area contributed by atoms with E-state index >= 15 is 0 Å². The summed E-state index contributed by atoms with van der Waals surface area (Å²) in [5, 5.41) is 42.8. The third-order valence-corrected chi connectivity index (χ3v) is 4.23. The summed E-state index contributed by atoms with van der Waals surface area (Å²) in [4.78, 5) is 10.1. The van der Waals surface area contributed by atoms with Crippen molar-refractivity contribution in [3.8, 4) is 29.4 Å². The quantitative estimate of drug-likeness (QED) is 0.181. The molecule has 9 nitrogen and oxygen atoms in total. The maximum Gasteiger partial charge on any atom is 1.00 e. The minimum atomic E-state index is -0.842. The van der Waals surface area contributed by atoms with Crippen molar-refractivity contribution in [2.24, 2.45) is 0 Å². The summed E-state index contributed by atoms with van der Waals surface area (Å²) in [5.41, 5.74) is -0.750. The van der Waals surface area contributed by atoms with Crippen LogP contribution in [-0.2, 0) is 9.53 Å². The summed E-state index contributed by atoms with van der Waals surface area (Å²) in [7, 11) is 0.